The zero-order chi connectivity index (χ0) is 10.4. The fourth-order valence-corrected chi connectivity index (χ4v) is 1.59. The van der Waals surface area contributed by atoms with Crippen molar-refractivity contribution < 1.29 is 0 Å². The van der Waals surface area contributed by atoms with Crippen molar-refractivity contribution in [1.29, 1.82) is 0 Å². The van der Waals surface area contributed by atoms with E-state index in [4.69, 9.17) is 0 Å². The Hall–Kier alpha value is -0.260. The maximum atomic E-state index is 4.14. The molecule has 0 aliphatic carbocycles. The van der Waals surface area contributed by atoms with Crippen molar-refractivity contribution in [3.05, 3.63) is 12.2 Å². The Bertz CT molecular complexity index is 144. The standard InChI is InChI=1S/C13H26/c1-7-8-11(4)13(6)9-12(5)10(2)3/h10-11,13H,5,7-9H2,1-4,6H3. The van der Waals surface area contributed by atoms with Gasteiger partial charge in [-0.15, -0.1) is 0 Å². The minimum Gasteiger partial charge on any atom is -0.0996 e. The summed E-state index contributed by atoms with van der Waals surface area (Å²) in [5.41, 5.74) is 1.41. The SMILES string of the molecule is C=C(CC(C)C(C)CCC)C(C)C. The van der Waals surface area contributed by atoms with E-state index in [0.717, 1.165) is 11.8 Å². The van der Waals surface area contributed by atoms with E-state index in [9.17, 15) is 0 Å². The first-order valence-corrected chi connectivity index (χ1v) is 5.66. The van der Waals surface area contributed by atoms with Gasteiger partial charge in [-0.2, -0.15) is 0 Å². The highest BCUT2D eigenvalue weighted by Gasteiger charge is 2.13. The summed E-state index contributed by atoms with van der Waals surface area (Å²) in [6.07, 6.45) is 3.87. The van der Waals surface area contributed by atoms with Gasteiger partial charge in [0, 0.05) is 0 Å². The lowest BCUT2D eigenvalue weighted by molar-refractivity contribution is 0.352. The van der Waals surface area contributed by atoms with Gasteiger partial charge in [-0.25, -0.2) is 0 Å². The van der Waals surface area contributed by atoms with Crippen molar-refractivity contribution in [3.8, 4) is 0 Å². The molecule has 0 aromatic heterocycles. The third-order valence-corrected chi connectivity index (χ3v) is 3.12. The van der Waals surface area contributed by atoms with E-state index in [0.29, 0.717) is 5.92 Å². The smallest absolute Gasteiger partial charge is 0.0263 e. The Morgan fingerprint density at radius 2 is 1.62 bits per heavy atom. The van der Waals surface area contributed by atoms with E-state index in [2.05, 4.69) is 41.2 Å². The summed E-state index contributed by atoms with van der Waals surface area (Å²) in [5, 5.41) is 0. The minimum absolute atomic E-state index is 0.649. The molecule has 0 amide bonds. The summed E-state index contributed by atoms with van der Waals surface area (Å²) in [5.74, 6) is 2.30. The van der Waals surface area contributed by atoms with Crippen LogP contribution in [0.3, 0.4) is 0 Å². The van der Waals surface area contributed by atoms with Gasteiger partial charge in [0.15, 0.2) is 0 Å². The van der Waals surface area contributed by atoms with Crippen molar-refractivity contribution in [2.45, 2.75) is 53.9 Å². The molecule has 0 aromatic rings. The van der Waals surface area contributed by atoms with Crippen molar-refractivity contribution in [1.82, 2.24) is 0 Å². The van der Waals surface area contributed by atoms with E-state index in [-0.39, 0.29) is 0 Å². The molecule has 0 saturated heterocycles. The maximum absolute atomic E-state index is 4.14. The molecule has 0 spiro atoms. The first-order chi connectivity index (χ1) is 5.99. The van der Waals surface area contributed by atoms with Crippen LogP contribution in [0.2, 0.25) is 0 Å². The van der Waals surface area contributed by atoms with E-state index < -0.39 is 0 Å². The Morgan fingerprint density at radius 3 is 2.00 bits per heavy atom. The normalized spacial score (nSPS) is 15.8. The second-order valence-corrected chi connectivity index (χ2v) is 4.76. The molecular weight excluding hydrogens is 156 g/mol. The summed E-state index contributed by atoms with van der Waals surface area (Å²) in [7, 11) is 0. The summed E-state index contributed by atoms with van der Waals surface area (Å²) in [6.45, 7) is 15.6. The highest BCUT2D eigenvalue weighted by molar-refractivity contribution is 4.98. The third-order valence-electron chi connectivity index (χ3n) is 3.12. The summed E-state index contributed by atoms with van der Waals surface area (Å²) >= 11 is 0. The first kappa shape index (κ1) is 12.7. The van der Waals surface area contributed by atoms with Crippen molar-refractivity contribution in [2.24, 2.45) is 17.8 Å². The molecule has 2 unspecified atom stereocenters. The Morgan fingerprint density at radius 1 is 1.08 bits per heavy atom. The molecule has 0 N–H and O–H groups in total. The highest BCUT2D eigenvalue weighted by Crippen LogP contribution is 2.25. The fourth-order valence-electron chi connectivity index (χ4n) is 1.59. The summed E-state index contributed by atoms with van der Waals surface area (Å²) < 4.78 is 0. The Kier molecular flexibility index (Phi) is 6.11. The molecule has 0 aliphatic rings. The molecule has 0 nitrogen and oxygen atoms in total. The average molecular weight is 182 g/mol. The lowest BCUT2D eigenvalue weighted by Gasteiger charge is -2.21. The lowest BCUT2D eigenvalue weighted by Crippen LogP contribution is -2.10. The molecule has 2 atom stereocenters. The van der Waals surface area contributed by atoms with Gasteiger partial charge in [0.2, 0.25) is 0 Å². The van der Waals surface area contributed by atoms with Crippen LogP contribution in [0.25, 0.3) is 0 Å². The molecule has 0 aliphatic heterocycles. The number of hydrogen-bond acceptors (Lipinski definition) is 0. The number of hydrogen-bond donors (Lipinski definition) is 0. The molecule has 0 aromatic carbocycles. The van der Waals surface area contributed by atoms with Gasteiger partial charge in [-0.3, -0.25) is 0 Å². The van der Waals surface area contributed by atoms with Crippen LogP contribution in [0, 0.1) is 17.8 Å². The molecule has 0 fully saturated rings. The molecule has 0 bridgehead atoms. The van der Waals surface area contributed by atoms with Gasteiger partial charge in [-0.05, 0) is 24.2 Å². The molecule has 0 heterocycles. The Labute approximate surface area is 84.4 Å². The van der Waals surface area contributed by atoms with Gasteiger partial charge < -0.3 is 0 Å². The van der Waals surface area contributed by atoms with Crippen LogP contribution < -0.4 is 0 Å². The van der Waals surface area contributed by atoms with E-state index >= 15 is 0 Å². The fraction of sp³-hybridized carbons (Fsp3) is 0.846. The van der Waals surface area contributed by atoms with Crippen molar-refractivity contribution >= 4 is 0 Å². The molecule has 0 saturated carbocycles. The van der Waals surface area contributed by atoms with E-state index in [1.807, 2.05) is 0 Å². The second kappa shape index (κ2) is 6.23. The van der Waals surface area contributed by atoms with Crippen LogP contribution in [0.15, 0.2) is 12.2 Å². The van der Waals surface area contributed by atoms with Gasteiger partial charge in [0.25, 0.3) is 0 Å². The summed E-state index contributed by atoms with van der Waals surface area (Å²) in [4.78, 5) is 0. The van der Waals surface area contributed by atoms with E-state index in [1.165, 1.54) is 24.8 Å². The number of rotatable bonds is 6. The zero-order valence-electron chi connectivity index (χ0n) is 10.1. The largest absolute Gasteiger partial charge is 0.0996 e. The van der Waals surface area contributed by atoms with Crippen LogP contribution in [0.4, 0.5) is 0 Å². The minimum atomic E-state index is 0.649. The average Bonchev–Trinajstić information content (AvgIpc) is 2.04. The zero-order valence-corrected chi connectivity index (χ0v) is 10.1. The van der Waals surface area contributed by atoms with Crippen LogP contribution >= 0.6 is 0 Å². The molecule has 13 heavy (non-hydrogen) atoms. The van der Waals surface area contributed by atoms with Crippen LogP contribution in [-0.4, -0.2) is 0 Å². The van der Waals surface area contributed by atoms with Gasteiger partial charge in [0.05, 0.1) is 0 Å². The molecule has 78 valence electrons. The van der Waals surface area contributed by atoms with Crippen LogP contribution in [0.1, 0.15) is 53.9 Å². The van der Waals surface area contributed by atoms with E-state index in [1.54, 1.807) is 0 Å². The van der Waals surface area contributed by atoms with Gasteiger partial charge >= 0.3 is 0 Å². The lowest BCUT2D eigenvalue weighted by atomic mass is 9.84. The molecule has 0 radical (unpaired) electrons. The van der Waals surface area contributed by atoms with Gasteiger partial charge in [-0.1, -0.05) is 59.6 Å². The maximum Gasteiger partial charge on any atom is -0.0263 e. The summed E-state index contributed by atoms with van der Waals surface area (Å²) in [6, 6.07) is 0. The van der Waals surface area contributed by atoms with Gasteiger partial charge in [0.1, 0.15) is 0 Å². The molecule has 0 rings (SSSR count). The molecular formula is C13H26. The second-order valence-electron chi connectivity index (χ2n) is 4.76. The Balaban J connectivity index is 3.85. The van der Waals surface area contributed by atoms with Crippen LogP contribution in [0.5, 0.6) is 0 Å². The quantitative estimate of drug-likeness (QED) is 0.524. The first-order valence-electron chi connectivity index (χ1n) is 5.66. The number of allylic oxidation sites excluding steroid dienone is 1. The molecule has 0 heteroatoms. The van der Waals surface area contributed by atoms with Crippen molar-refractivity contribution in [3.63, 3.8) is 0 Å². The highest BCUT2D eigenvalue weighted by atomic mass is 14.2. The van der Waals surface area contributed by atoms with Crippen molar-refractivity contribution in [2.75, 3.05) is 0 Å². The monoisotopic (exact) mass is 182 g/mol. The van der Waals surface area contributed by atoms with Crippen LogP contribution in [-0.2, 0) is 0 Å². The third kappa shape index (κ3) is 5.13. The predicted molar refractivity (Wildman–Crippen MR) is 61.8 cm³/mol. The topological polar surface area (TPSA) is 0 Å². The predicted octanol–water partition coefficient (Wildman–Crippen LogP) is 4.66.